The number of carbonyl (C=O) groups is 2. The summed E-state index contributed by atoms with van der Waals surface area (Å²) in [7, 11) is 0. The van der Waals surface area contributed by atoms with E-state index < -0.39 is 23.2 Å². The van der Waals surface area contributed by atoms with E-state index in [1.54, 1.807) is 12.2 Å². The molecule has 0 fully saturated rings. The van der Waals surface area contributed by atoms with Crippen LogP contribution in [0.3, 0.4) is 0 Å². The minimum atomic E-state index is -1.11. The zero-order valence-corrected chi connectivity index (χ0v) is 38.5. The molecule has 0 saturated heterocycles. The van der Waals surface area contributed by atoms with Crippen molar-refractivity contribution in [1.29, 1.82) is 0 Å². The summed E-state index contributed by atoms with van der Waals surface area (Å²) in [6, 6.07) is 0. The molecule has 0 aliphatic heterocycles. The third-order valence-corrected chi connectivity index (χ3v) is 12.0. The zero-order chi connectivity index (χ0) is 44.1. The minimum absolute atomic E-state index is 0.0528. The third-order valence-electron chi connectivity index (χ3n) is 12.0. The normalized spacial score (nSPS) is 23.3. The van der Waals surface area contributed by atoms with Crippen LogP contribution in [0, 0.1) is 10.8 Å². The van der Waals surface area contributed by atoms with Gasteiger partial charge >= 0.3 is 5.97 Å². The van der Waals surface area contributed by atoms with Gasteiger partial charge in [0.15, 0.2) is 5.78 Å². The number of ether oxygens (including phenoxy) is 1. The van der Waals surface area contributed by atoms with Gasteiger partial charge in [0.25, 0.3) is 0 Å². The van der Waals surface area contributed by atoms with Gasteiger partial charge in [0, 0.05) is 23.8 Å². The van der Waals surface area contributed by atoms with Gasteiger partial charge in [-0.15, -0.1) is 0 Å². The molecule has 0 aromatic carbocycles. The lowest BCUT2D eigenvalue weighted by molar-refractivity contribution is -0.143. The number of aliphatic hydroxyl groups is 3. The van der Waals surface area contributed by atoms with Crippen molar-refractivity contribution in [2.45, 2.75) is 183 Å². The quantitative estimate of drug-likeness (QED) is 0.0295. The van der Waals surface area contributed by atoms with E-state index in [9.17, 15) is 24.9 Å². The van der Waals surface area contributed by atoms with Gasteiger partial charge in [0.05, 0.1) is 12.2 Å². The Labute approximate surface area is 359 Å². The van der Waals surface area contributed by atoms with Gasteiger partial charge in [-0.25, -0.2) is 0 Å². The molecule has 0 bridgehead atoms. The molecule has 0 heterocycles. The lowest BCUT2D eigenvalue weighted by Crippen LogP contribution is -2.48. The van der Waals surface area contributed by atoms with Gasteiger partial charge in [-0.05, 0) is 77.4 Å². The van der Waals surface area contributed by atoms with Crippen molar-refractivity contribution in [3.63, 3.8) is 0 Å². The number of hydrogen-bond donors (Lipinski definition) is 3. The minimum Gasteiger partial charge on any atom is -0.461 e. The predicted octanol–water partition coefficient (Wildman–Crippen LogP) is 12.8. The fourth-order valence-corrected chi connectivity index (χ4v) is 8.26. The van der Waals surface area contributed by atoms with E-state index in [2.05, 4.69) is 20.8 Å². The first kappa shape index (κ1) is 51.6. The molecule has 59 heavy (non-hydrogen) atoms. The maximum absolute atomic E-state index is 13.7. The summed E-state index contributed by atoms with van der Waals surface area (Å²) in [6.07, 6.45) is 38.4. The Hall–Kier alpha value is -3.58. The molecule has 0 aromatic rings. The van der Waals surface area contributed by atoms with Gasteiger partial charge < -0.3 is 20.1 Å². The van der Waals surface area contributed by atoms with Crippen molar-refractivity contribution >= 4 is 11.8 Å². The monoisotopic (exact) mass is 813 g/mol. The number of Topliss-reactive ketones (excluding diaryl/α,β-unsaturated/α-hetero) is 1. The van der Waals surface area contributed by atoms with Crippen molar-refractivity contribution < 1.29 is 29.6 Å². The zero-order valence-electron chi connectivity index (χ0n) is 38.5. The van der Waals surface area contributed by atoms with E-state index in [1.165, 1.54) is 44.9 Å². The smallest absolute Gasteiger partial charge is 0.306 e. The van der Waals surface area contributed by atoms with Crippen molar-refractivity contribution in [2.24, 2.45) is 10.8 Å². The molecular formula is C53H80O6. The van der Waals surface area contributed by atoms with Crippen LogP contribution in [0.5, 0.6) is 0 Å². The maximum atomic E-state index is 13.7. The van der Waals surface area contributed by atoms with Crippen molar-refractivity contribution in [2.75, 3.05) is 6.61 Å². The summed E-state index contributed by atoms with van der Waals surface area (Å²) in [4.78, 5) is 26.5. The van der Waals surface area contributed by atoms with Crippen LogP contribution in [0.25, 0.3) is 0 Å². The van der Waals surface area contributed by atoms with Gasteiger partial charge in [0.2, 0.25) is 0 Å². The average Bonchev–Trinajstić information content (AvgIpc) is 3.14. The Bertz CT molecular complexity index is 1680. The number of esters is 1. The Morgan fingerprint density at radius 2 is 1.27 bits per heavy atom. The molecule has 3 N–H and O–H groups in total. The number of rotatable bonds is 24. The summed E-state index contributed by atoms with van der Waals surface area (Å²) in [5.41, 5.74) is 4.55. The van der Waals surface area contributed by atoms with Gasteiger partial charge in [0.1, 0.15) is 12.2 Å². The molecule has 0 spiro atoms. The highest BCUT2D eigenvalue weighted by Crippen LogP contribution is 2.45. The Balaban J connectivity index is 2.03. The molecular weight excluding hydrogens is 733 g/mol. The lowest BCUT2D eigenvalue weighted by atomic mass is 9.64. The second-order valence-corrected chi connectivity index (χ2v) is 18.5. The molecule has 6 heteroatoms. The second-order valence-electron chi connectivity index (χ2n) is 18.5. The molecule has 3 atom stereocenters. The number of carbonyl (C=O) groups excluding carboxylic acids is 2. The van der Waals surface area contributed by atoms with Crippen LogP contribution >= 0.6 is 0 Å². The molecule has 0 radical (unpaired) electrons. The number of aliphatic hydroxyl groups excluding tert-OH is 2. The molecule has 328 valence electrons. The maximum Gasteiger partial charge on any atom is 0.306 e. The van der Waals surface area contributed by atoms with E-state index in [0.29, 0.717) is 31.3 Å². The fraction of sp³-hybridized carbons (Fsp3) is 0.585. The highest BCUT2D eigenvalue weighted by molar-refractivity contribution is 5.98. The van der Waals surface area contributed by atoms with Gasteiger partial charge in [-0.2, -0.15) is 0 Å². The van der Waals surface area contributed by atoms with E-state index >= 15 is 0 Å². The van der Waals surface area contributed by atoms with Crippen LogP contribution in [0.1, 0.15) is 166 Å². The first-order valence-electron chi connectivity index (χ1n) is 22.4. The second kappa shape index (κ2) is 25.9. The number of unbranched alkanes of at least 4 members (excludes halogenated alkanes) is 9. The molecule has 1 unspecified atom stereocenters. The standard InChI is InChI=1S/C53H80O6/c1-11-12-13-14-15-16-17-18-19-20-31-50(57)59-39-45(49(56)36-48-43(5)34-46(54)37-51(48,7)8)30-24-29-41(3)26-22-21-25-40(2)27-23-28-42(4)32-33-53(58)44(6)35-47(55)38-52(53,9)10/h21-30,32-33,35,46-47,54-55,58H,11-20,31,34,36-39H2,1-10H3/b22-21+,27-23+,29-24+,33-32+,40-25+,41-26+,42-28+,45-30+/t46-,47+,53?/m1/s1. The first-order valence-corrected chi connectivity index (χ1v) is 22.4. The third kappa shape index (κ3) is 18.7. The topological polar surface area (TPSA) is 104 Å². The van der Waals surface area contributed by atoms with Crippen molar-refractivity contribution in [3.8, 4) is 0 Å². The number of ketones is 1. The van der Waals surface area contributed by atoms with Crippen molar-refractivity contribution in [3.05, 3.63) is 118 Å². The lowest BCUT2D eigenvalue weighted by Gasteiger charge is -2.46. The number of allylic oxidation sites excluding steroid dienone is 15. The highest BCUT2D eigenvalue weighted by atomic mass is 16.5. The average molecular weight is 813 g/mol. The number of hydrogen-bond acceptors (Lipinski definition) is 6. The molecule has 0 aromatic heterocycles. The summed E-state index contributed by atoms with van der Waals surface area (Å²) in [5.74, 6) is -0.325. The van der Waals surface area contributed by atoms with E-state index in [-0.39, 0.29) is 30.2 Å². The highest BCUT2D eigenvalue weighted by Gasteiger charge is 2.46. The van der Waals surface area contributed by atoms with E-state index in [1.807, 2.05) is 115 Å². The van der Waals surface area contributed by atoms with E-state index in [4.69, 9.17) is 4.74 Å². The van der Waals surface area contributed by atoms with Crippen LogP contribution in [0.4, 0.5) is 0 Å². The first-order chi connectivity index (χ1) is 27.8. The van der Waals surface area contributed by atoms with Crippen LogP contribution in [-0.4, -0.2) is 51.5 Å². The molecule has 0 saturated carbocycles. The molecule has 2 aliphatic rings. The molecule has 0 amide bonds. The largest absolute Gasteiger partial charge is 0.461 e. The Morgan fingerprint density at radius 1 is 0.746 bits per heavy atom. The predicted molar refractivity (Wildman–Crippen MR) is 248 cm³/mol. The Kier molecular flexibility index (Phi) is 22.6. The van der Waals surface area contributed by atoms with Crippen LogP contribution < -0.4 is 0 Å². The van der Waals surface area contributed by atoms with Crippen LogP contribution in [0.15, 0.2) is 118 Å². The molecule has 6 nitrogen and oxygen atoms in total. The summed E-state index contributed by atoms with van der Waals surface area (Å²) in [6.45, 7) is 20.2. The van der Waals surface area contributed by atoms with Crippen molar-refractivity contribution in [1.82, 2.24) is 0 Å². The Morgan fingerprint density at radius 3 is 1.83 bits per heavy atom. The molecule has 2 aliphatic carbocycles. The summed E-state index contributed by atoms with van der Waals surface area (Å²) < 4.78 is 5.67. The van der Waals surface area contributed by atoms with Crippen LogP contribution in [0.2, 0.25) is 0 Å². The van der Waals surface area contributed by atoms with E-state index in [0.717, 1.165) is 52.7 Å². The molecule has 2 rings (SSSR count). The van der Waals surface area contributed by atoms with Gasteiger partial charge in [-0.3, -0.25) is 9.59 Å². The van der Waals surface area contributed by atoms with Crippen LogP contribution in [-0.2, 0) is 14.3 Å². The summed E-state index contributed by atoms with van der Waals surface area (Å²) >= 11 is 0. The SMILES string of the molecule is CCCCCCCCCCCCC(=O)OC\C(=C/C=C/C(C)=C/C=C/C=C(C)/C=C/C=C(C)/C=C/C1(O)C(C)=C[C@H](O)CC1(C)C)C(=O)CC1=C(C)C[C@@H](O)CC1(C)C. The fourth-order valence-electron chi connectivity index (χ4n) is 8.26. The summed E-state index contributed by atoms with van der Waals surface area (Å²) in [5, 5.41) is 31.9. The van der Waals surface area contributed by atoms with Gasteiger partial charge in [-0.1, -0.05) is 193 Å².